The molecule has 40 heavy (non-hydrogen) atoms. The standard InChI is InChI=1S/C28H35F3N4O5/c1-19-5-2-7-22(33-19)23(32-13-3-8-25(36)37)18-35-14-4-6-21(26(35)38)27(39)11-15-34(16-12-27)17-20-9-10-24(40-20)28(29,30)31/h2,5-7,9-10,23,32,39H,3-4,8,11-18H2,1H3,(H,36,37). The van der Waals surface area contributed by atoms with Gasteiger partial charge in [0.05, 0.1) is 23.9 Å². The van der Waals surface area contributed by atoms with Gasteiger partial charge in [-0.1, -0.05) is 12.1 Å². The number of rotatable bonds is 11. The zero-order valence-electron chi connectivity index (χ0n) is 22.4. The highest BCUT2D eigenvalue weighted by molar-refractivity contribution is 5.96. The van der Waals surface area contributed by atoms with Gasteiger partial charge in [-0.3, -0.25) is 19.5 Å². The minimum absolute atomic E-state index is 0.0317. The van der Waals surface area contributed by atoms with Gasteiger partial charge in [0.25, 0.3) is 5.91 Å². The average molecular weight is 565 g/mol. The predicted molar refractivity (Wildman–Crippen MR) is 139 cm³/mol. The van der Waals surface area contributed by atoms with Crippen LogP contribution in [-0.2, 0) is 22.3 Å². The minimum Gasteiger partial charge on any atom is -0.481 e. The molecule has 2 aliphatic heterocycles. The number of pyridine rings is 1. The number of aromatic nitrogens is 1. The van der Waals surface area contributed by atoms with E-state index >= 15 is 0 Å². The van der Waals surface area contributed by atoms with Crippen LogP contribution in [-0.4, -0.2) is 75.2 Å². The van der Waals surface area contributed by atoms with Gasteiger partial charge in [-0.2, -0.15) is 13.2 Å². The largest absolute Gasteiger partial charge is 0.481 e. The molecule has 1 atom stereocenters. The second-order valence-electron chi connectivity index (χ2n) is 10.4. The first kappa shape index (κ1) is 29.8. The first-order valence-electron chi connectivity index (χ1n) is 13.4. The van der Waals surface area contributed by atoms with Gasteiger partial charge < -0.3 is 24.8 Å². The van der Waals surface area contributed by atoms with Crippen molar-refractivity contribution in [2.24, 2.45) is 0 Å². The highest BCUT2D eigenvalue weighted by Gasteiger charge is 2.42. The van der Waals surface area contributed by atoms with Crippen molar-refractivity contribution in [1.82, 2.24) is 20.1 Å². The summed E-state index contributed by atoms with van der Waals surface area (Å²) in [5, 5.41) is 23.8. The third-order valence-electron chi connectivity index (χ3n) is 7.40. The molecular formula is C28H35F3N4O5. The maximum atomic E-state index is 13.6. The maximum absolute atomic E-state index is 13.6. The number of piperidine rings is 1. The summed E-state index contributed by atoms with van der Waals surface area (Å²) < 4.78 is 43.5. The van der Waals surface area contributed by atoms with E-state index in [1.807, 2.05) is 30.0 Å². The van der Waals surface area contributed by atoms with E-state index in [9.17, 15) is 27.9 Å². The quantitative estimate of drug-likeness (QED) is 0.354. The van der Waals surface area contributed by atoms with Gasteiger partial charge in [0.2, 0.25) is 5.76 Å². The molecule has 1 saturated heterocycles. The summed E-state index contributed by atoms with van der Waals surface area (Å²) >= 11 is 0. The monoisotopic (exact) mass is 564 g/mol. The Morgan fingerprint density at radius 1 is 1.20 bits per heavy atom. The fourth-order valence-corrected chi connectivity index (χ4v) is 5.23. The first-order chi connectivity index (χ1) is 18.9. The summed E-state index contributed by atoms with van der Waals surface area (Å²) in [6.07, 6.45) is -1.18. The molecule has 0 saturated carbocycles. The lowest BCUT2D eigenvalue weighted by Gasteiger charge is -2.42. The fourth-order valence-electron chi connectivity index (χ4n) is 5.23. The number of aliphatic carboxylic acids is 1. The Kier molecular flexibility index (Phi) is 9.32. The van der Waals surface area contributed by atoms with Crippen LogP contribution in [0.3, 0.4) is 0 Å². The minimum atomic E-state index is -4.54. The molecule has 0 aliphatic carbocycles. The molecule has 1 amide bonds. The normalized spacial score (nSPS) is 19.0. The van der Waals surface area contributed by atoms with Crippen molar-refractivity contribution in [2.45, 2.75) is 63.4 Å². The Morgan fingerprint density at radius 2 is 1.95 bits per heavy atom. The summed E-state index contributed by atoms with van der Waals surface area (Å²) in [4.78, 5) is 32.7. The van der Waals surface area contributed by atoms with Crippen LogP contribution >= 0.6 is 0 Å². The molecule has 9 nitrogen and oxygen atoms in total. The number of aryl methyl sites for hydroxylation is 1. The zero-order chi connectivity index (χ0) is 28.9. The first-order valence-corrected chi connectivity index (χ1v) is 13.4. The van der Waals surface area contributed by atoms with Crippen LogP contribution in [0, 0.1) is 6.92 Å². The van der Waals surface area contributed by atoms with Crippen LogP contribution in [0.4, 0.5) is 13.2 Å². The number of furan rings is 1. The third kappa shape index (κ3) is 7.49. The molecule has 218 valence electrons. The highest BCUT2D eigenvalue weighted by Crippen LogP contribution is 2.35. The van der Waals surface area contributed by atoms with Crippen LogP contribution in [0.2, 0.25) is 0 Å². The number of carboxylic acid groups (broad SMARTS) is 1. The van der Waals surface area contributed by atoms with Crippen molar-refractivity contribution in [3.8, 4) is 0 Å². The molecule has 4 heterocycles. The molecule has 2 aromatic rings. The lowest BCUT2D eigenvalue weighted by Crippen LogP contribution is -2.51. The van der Waals surface area contributed by atoms with Crippen molar-refractivity contribution in [1.29, 1.82) is 0 Å². The van der Waals surface area contributed by atoms with Gasteiger partial charge in [0, 0.05) is 43.9 Å². The Morgan fingerprint density at radius 3 is 2.60 bits per heavy atom. The van der Waals surface area contributed by atoms with Crippen LogP contribution in [0.1, 0.15) is 61.1 Å². The molecule has 2 aromatic heterocycles. The number of carbonyl (C=O) groups excluding carboxylic acids is 1. The van der Waals surface area contributed by atoms with E-state index in [2.05, 4.69) is 10.3 Å². The number of likely N-dealkylation sites (tertiary alicyclic amines) is 1. The van der Waals surface area contributed by atoms with Gasteiger partial charge in [0.15, 0.2) is 0 Å². The SMILES string of the molecule is Cc1cccc(C(CN2CCC=C(C3(O)CCN(Cc4ccc(C(F)(F)F)o4)CC3)C2=O)NCCCC(=O)O)n1. The fraction of sp³-hybridized carbons (Fsp3) is 0.536. The average Bonchev–Trinajstić information content (AvgIpc) is 3.37. The van der Waals surface area contributed by atoms with E-state index in [4.69, 9.17) is 9.52 Å². The number of amides is 1. The molecule has 3 N–H and O–H groups in total. The van der Waals surface area contributed by atoms with E-state index in [1.165, 1.54) is 6.07 Å². The highest BCUT2D eigenvalue weighted by atomic mass is 19.4. The number of aliphatic hydroxyl groups is 1. The number of nitrogens with one attached hydrogen (secondary N) is 1. The molecule has 0 radical (unpaired) electrons. The van der Waals surface area contributed by atoms with E-state index in [1.54, 1.807) is 11.0 Å². The van der Waals surface area contributed by atoms with Gasteiger partial charge >= 0.3 is 12.1 Å². The Hall–Kier alpha value is -3.22. The number of nitrogens with zero attached hydrogens (tertiary/aromatic N) is 3. The number of carbonyl (C=O) groups is 2. The molecule has 0 bridgehead atoms. The molecule has 0 spiro atoms. The number of hydrogen-bond donors (Lipinski definition) is 3. The van der Waals surface area contributed by atoms with Crippen molar-refractivity contribution in [3.05, 3.63) is 64.9 Å². The lowest BCUT2D eigenvalue weighted by molar-refractivity contribution is -0.153. The van der Waals surface area contributed by atoms with Gasteiger partial charge in [-0.25, -0.2) is 0 Å². The molecule has 4 rings (SSSR count). The number of halogens is 3. The third-order valence-corrected chi connectivity index (χ3v) is 7.40. The molecule has 1 unspecified atom stereocenters. The van der Waals surface area contributed by atoms with Crippen molar-refractivity contribution < 1.29 is 37.4 Å². The summed E-state index contributed by atoms with van der Waals surface area (Å²) in [6, 6.07) is 7.54. The second kappa shape index (κ2) is 12.5. The molecule has 1 fully saturated rings. The molecule has 0 aromatic carbocycles. The number of hydrogen-bond acceptors (Lipinski definition) is 7. The van der Waals surface area contributed by atoms with Crippen LogP contribution in [0.15, 0.2) is 46.4 Å². The lowest BCUT2D eigenvalue weighted by atomic mass is 9.81. The van der Waals surface area contributed by atoms with E-state index in [0.717, 1.165) is 17.5 Å². The summed E-state index contributed by atoms with van der Waals surface area (Å²) in [5.74, 6) is -1.97. The van der Waals surface area contributed by atoms with Crippen LogP contribution < -0.4 is 5.32 Å². The summed E-state index contributed by atoms with van der Waals surface area (Å²) in [7, 11) is 0. The van der Waals surface area contributed by atoms with Crippen LogP contribution in [0.25, 0.3) is 0 Å². The number of alkyl halides is 3. The molecular weight excluding hydrogens is 529 g/mol. The summed E-state index contributed by atoms with van der Waals surface area (Å²) in [6.45, 7) is 4.07. The second-order valence-corrected chi connectivity index (χ2v) is 10.4. The van der Waals surface area contributed by atoms with E-state index in [0.29, 0.717) is 51.1 Å². The molecule has 2 aliphatic rings. The van der Waals surface area contributed by atoms with E-state index in [-0.39, 0.29) is 43.5 Å². The predicted octanol–water partition coefficient (Wildman–Crippen LogP) is 3.68. The van der Waals surface area contributed by atoms with Crippen molar-refractivity contribution in [3.63, 3.8) is 0 Å². The maximum Gasteiger partial charge on any atom is 0.449 e. The Balaban J connectivity index is 1.38. The Labute approximate surface area is 230 Å². The van der Waals surface area contributed by atoms with Gasteiger partial charge in [-0.15, -0.1) is 0 Å². The Bertz CT molecular complexity index is 1220. The van der Waals surface area contributed by atoms with Gasteiger partial charge in [-0.05, 0) is 63.4 Å². The molecule has 12 heteroatoms. The van der Waals surface area contributed by atoms with E-state index < -0.39 is 23.5 Å². The van der Waals surface area contributed by atoms with Crippen molar-refractivity contribution >= 4 is 11.9 Å². The zero-order valence-corrected chi connectivity index (χ0v) is 22.4. The van der Waals surface area contributed by atoms with Crippen molar-refractivity contribution in [2.75, 3.05) is 32.7 Å². The topological polar surface area (TPSA) is 119 Å². The van der Waals surface area contributed by atoms with Crippen LogP contribution in [0.5, 0.6) is 0 Å². The number of carboxylic acids is 1. The smallest absolute Gasteiger partial charge is 0.449 e. The van der Waals surface area contributed by atoms with Gasteiger partial charge in [0.1, 0.15) is 5.76 Å². The summed E-state index contributed by atoms with van der Waals surface area (Å²) in [5.41, 5.74) is 0.583.